The molecule has 0 fully saturated rings. The molecule has 0 saturated carbocycles. The average molecular weight is 377 g/mol. The largest absolute Gasteiger partial charge is 0.489 e. The molecule has 1 aliphatic heterocycles. The number of hydrogen-bond donors (Lipinski definition) is 1. The van der Waals surface area contributed by atoms with Crippen molar-refractivity contribution in [1.82, 2.24) is 20.2 Å². The number of nitrogens with zero attached hydrogens (tertiary/aromatic N) is 4. The van der Waals surface area contributed by atoms with E-state index in [4.69, 9.17) is 9.47 Å². The van der Waals surface area contributed by atoms with Gasteiger partial charge in [0.2, 0.25) is 5.95 Å². The van der Waals surface area contributed by atoms with E-state index in [9.17, 15) is 4.79 Å². The van der Waals surface area contributed by atoms with Crippen LogP contribution >= 0.6 is 0 Å². The normalized spacial score (nSPS) is 15.6. The van der Waals surface area contributed by atoms with Crippen molar-refractivity contribution >= 4 is 11.9 Å². The Kier molecular flexibility index (Phi) is 4.76. The molecular formula is C20H19N5O3. The Balaban J connectivity index is 1.61. The Labute approximate surface area is 161 Å². The summed E-state index contributed by atoms with van der Waals surface area (Å²) in [4.78, 5) is 12.4. The van der Waals surface area contributed by atoms with Crippen molar-refractivity contribution in [1.29, 1.82) is 0 Å². The van der Waals surface area contributed by atoms with Gasteiger partial charge in [0.05, 0.1) is 12.7 Å². The fourth-order valence-electron chi connectivity index (χ4n) is 3.18. The number of tetrazole rings is 1. The molecule has 1 N–H and O–H groups in total. The maximum Gasteiger partial charge on any atom is 0.338 e. The van der Waals surface area contributed by atoms with Crippen LogP contribution < -0.4 is 10.1 Å². The van der Waals surface area contributed by atoms with Gasteiger partial charge >= 0.3 is 5.97 Å². The van der Waals surface area contributed by atoms with Crippen LogP contribution in [0.3, 0.4) is 0 Å². The lowest BCUT2D eigenvalue weighted by atomic mass is 9.96. The summed E-state index contributed by atoms with van der Waals surface area (Å²) >= 11 is 0. The van der Waals surface area contributed by atoms with Crippen LogP contribution in [0.5, 0.6) is 5.75 Å². The molecule has 3 aromatic rings. The van der Waals surface area contributed by atoms with Crippen LogP contribution in [-0.2, 0) is 16.1 Å². The van der Waals surface area contributed by atoms with Crippen molar-refractivity contribution < 1.29 is 14.3 Å². The second kappa shape index (κ2) is 7.51. The van der Waals surface area contributed by atoms with Crippen LogP contribution in [-0.4, -0.2) is 33.3 Å². The molecule has 4 rings (SSSR count). The summed E-state index contributed by atoms with van der Waals surface area (Å²) in [6.07, 6.45) is 0. The topological polar surface area (TPSA) is 91.2 Å². The summed E-state index contributed by atoms with van der Waals surface area (Å²) < 4.78 is 12.4. The molecule has 0 amide bonds. The number of aromatic nitrogens is 4. The first-order valence-electron chi connectivity index (χ1n) is 8.78. The predicted molar refractivity (Wildman–Crippen MR) is 102 cm³/mol. The van der Waals surface area contributed by atoms with Gasteiger partial charge in [0, 0.05) is 5.70 Å². The van der Waals surface area contributed by atoms with E-state index in [0.29, 0.717) is 23.8 Å². The van der Waals surface area contributed by atoms with E-state index in [1.165, 1.54) is 7.11 Å². The van der Waals surface area contributed by atoms with E-state index in [1.807, 2.05) is 54.6 Å². The van der Waals surface area contributed by atoms with Gasteiger partial charge in [-0.25, -0.2) is 4.79 Å². The summed E-state index contributed by atoms with van der Waals surface area (Å²) in [5, 5.41) is 14.7. The number of rotatable bonds is 5. The molecule has 8 nitrogen and oxygen atoms in total. The van der Waals surface area contributed by atoms with Gasteiger partial charge in [-0.15, -0.1) is 0 Å². The quantitative estimate of drug-likeness (QED) is 0.684. The Morgan fingerprint density at radius 3 is 2.61 bits per heavy atom. The average Bonchev–Trinajstić information content (AvgIpc) is 3.20. The molecule has 8 heteroatoms. The third-order valence-electron chi connectivity index (χ3n) is 4.56. The maximum absolute atomic E-state index is 12.4. The molecule has 28 heavy (non-hydrogen) atoms. The third kappa shape index (κ3) is 3.32. The number of esters is 1. The van der Waals surface area contributed by atoms with Gasteiger partial charge in [-0.05, 0) is 40.6 Å². The number of methoxy groups -OCH3 is 1. The number of carbonyl (C=O) groups is 1. The minimum absolute atomic E-state index is 0.430. The summed E-state index contributed by atoms with van der Waals surface area (Å²) in [5.41, 5.74) is 3.06. The molecule has 0 aliphatic carbocycles. The van der Waals surface area contributed by atoms with E-state index in [-0.39, 0.29) is 0 Å². The molecule has 1 aromatic heterocycles. The zero-order chi connectivity index (χ0) is 19.5. The summed E-state index contributed by atoms with van der Waals surface area (Å²) in [7, 11) is 1.36. The number of nitrogens with one attached hydrogen (secondary N) is 1. The molecule has 1 atom stereocenters. The molecule has 2 aromatic carbocycles. The number of fused-ring (bicyclic) bond motifs is 1. The SMILES string of the molecule is COC(=O)C1=C(C)Nc2nnnn2C1c1ccc(OCc2ccccc2)cc1. The molecule has 0 bridgehead atoms. The van der Waals surface area contributed by atoms with Crippen molar-refractivity contribution in [3.05, 3.63) is 77.0 Å². The maximum atomic E-state index is 12.4. The molecule has 0 spiro atoms. The molecule has 1 aliphatic rings. The monoisotopic (exact) mass is 377 g/mol. The Morgan fingerprint density at radius 1 is 1.14 bits per heavy atom. The van der Waals surface area contributed by atoms with Crippen molar-refractivity contribution in [3.8, 4) is 5.75 Å². The van der Waals surface area contributed by atoms with Gasteiger partial charge in [-0.1, -0.05) is 47.6 Å². The first-order chi connectivity index (χ1) is 13.7. The number of anilines is 1. The van der Waals surface area contributed by atoms with Crippen LogP contribution in [0.25, 0.3) is 0 Å². The number of benzene rings is 2. The molecule has 142 valence electrons. The van der Waals surface area contributed by atoms with Crippen molar-refractivity contribution in [2.45, 2.75) is 19.6 Å². The second-order valence-electron chi connectivity index (χ2n) is 6.35. The zero-order valence-electron chi connectivity index (χ0n) is 15.5. The molecule has 1 unspecified atom stereocenters. The first kappa shape index (κ1) is 17.7. The smallest absolute Gasteiger partial charge is 0.338 e. The highest BCUT2D eigenvalue weighted by Gasteiger charge is 2.34. The fraction of sp³-hybridized carbons (Fsp3) is 0.200. The van der Waals surface area contributed by atoms with Crippen LogP contribution in [0, 0.1) is 0 Å². The van der Waals surface area contributed by atoms with Gasteiger partial charge in [0.25, 0.3) is 0 Å². The van der Waals surface area contributed by atoms with Gasteiger partial charge in [0.1, 0.15) is 18.4 Å². The van der Waals surface area contributed by atoms with Crippen LogP contribution in [0.2, 0.25) is 0 Å². The van der Waals surface area contributed by atoms with Gasteiger partial charge in [-0.2, -0.15) is 4.68 Å². The highest BCUT2D eigenvalue weighted by atomic mass is 16.5. The number of hydrogen-bond acceptors (Lipinski definition) is 7. The van der Waals surface area contributed by atoms with E-state index >= 15 is 0 Å². The molecule has 2 heterocycles. The van der Waals surface area contributed by atoms with Gasteiger partial charge in [0.15, 0.2) is 0 Å². The summed E-state index contributed by atoms with van der Waals surface area (Å²) in [6, 6.07) is 17.0. The zero-order valence-corrected chi connectivity index (χ0v) is 15.5. The van der Waals surface area contributed by atoms with Crippen molar-refractivity contribution in [2.75, 3.05) is 12.4 Å². The number of ether oxygens (including phenoxy) is 2. The lowest BCUT2D eigenvalue weighted by molar-refractivity contribution is -0.136. The van der Waals surface area contributed by atoms with Crippen LogP contribution in [0.4, 0.5) is 5.95 Å². The standard InChI is InChI=1S/C20H19N5O3/c1-13-17(19(26)27-2)18(25-20(21-13)22-23-24-25)15-8-10-16(11-9-15)28-12-14-6-4-3-5-7-14/h3-11,18H,12H2,1-2H3,(H,21,22,24). The van der Waals surface area contributed by atoms with E-state index in [1.54, 1.807) is 11.6 Å². The minimum Gasteiger partial charge on any atom is -0.489 e. The van der Waals surface area contributed by atoms with Gasteiger partial charge < -0.3 is 14.8 Å². The first-order valence-corrected chi connectivity index (χ1v) is 8.78. The van der Waals surface area contributed by atoms with Gasteiger partial charge in [-0.3, -0.25) is 0 Å². The lowest BCUT2D eigenvalue weighted by Gasteiger charge is -2.27. The minimum atomic E-state index is -0.484. The number of allylic oxidation sites excluding steroid dienone is 1. The Morgan fingerprint density at radius 2 is 1.89 bits per heavy atom. The Hall–Kier alpha value is -3.68. The Bertz CT molecular complexity index is 1010. The third-order valence-corrected chi connectivity index (χ3v) is 4.56. The van der Waals surface area contributed by atoms with Crippen molar-refractivity contribution in [3.63, 3.8) is 0 Å². The predicted octanol–water partition coefficient (Wildman–Crippen LogP) is 2.71. The van der Waals surface area contributed by atoms with Crippen molar-refractivity contribution in [2.24, 2.45) is 0 Å². The van der Waals surface area contributed by atoms with Crippen LogP contribution in [0.15, 0.2) is 65.9 Å². The fourth-order valence-corrected chi connectivity index (χ4v) is 3.18. The van der Waals surface area contributed by atoms with E-state index < -0.39 is 12.0 Å². The summed E-state index contributed by atoms with van der Waals surface area (Å²) in [6.45, 7) is 2.28. The highest BCUT2D eigenvalue weighted by molar-refractivity contribution is 5.92. The lowest BCUT2D eigenvalue weighted by Crippen LogP contribution is -2.29. The van der Waals surface area contributed by atoms with E-state index in [2.05, 4.69) is 20.8 Å². The molecule has 0 saturated heterocycles. The van der Waals surface area contributed by atoms with E-state index in [0.717, 1.165) is 16.9 Å². The van der Waals surface area contributed by atoms with Crippen LogP contribution in [0.1, 0.15) is 24.1 Å². The molecule has 0 radical (unpaired) electrons. The summed E-state index contributed by atoms with van der Waals surface area (Å²) in [5.74, 6) is 0.777. The second-order valence-corrected chi connectivity index (χ2v) is 6.35. The number of carbonyl (C=O) groups excluding carboxylic acids is 1. The molecular weight excluding hydrogens is 358 g/mol. The highest BCUT2D eigenvalue weighted by Crippen LogP contribution is 2.35.